The molecule has 2 aliphatic heterocycles. The Morgan fingerprint density at radius 1 is 1.21 bits per heavy atom. The first kappa shape index (κ1) is 24.6. The van der Waals surface area contributed by atoms with Gasteiger partial charge in [0.1, 0.15) is 5.82 Å². The fourth-order valence-corrected chi connectivity index (χ4v) is 3.64. The molecule has 0 spiro atoms. The molecule has 1 atom stereocenters. The van der Waals surface area contributed by atoms with Crippen molar-refractivity contribution >= 4 is 42.4 Å². The summed E-state index contributed by atoms with van der Waals surface area (Å²) in [7, 11) is 0. The second kappa shape index (κ2) is 12.2. The highest BCUT2D eigenvalue weighted by molar-refractivity contribution is 5.91. The molecule has 0 aromatic carbocycles. The summed E-state index contributed by atoms with van der Waals surface area (Å²) in [4.78, 5) is 33.4. The predicted molar refractivity (Wildman–Crippen MR) is 115 cm³/mol. The van der Waals surface area contributed by atoms with Gasteiger partial charge in [-0.05, 0) is 38.4 Å². The van der Waals surface area contributed by atoms with Gasteiger partial charge in [-0.1, -0.05) is 6.07 Å². The maximum Gasteiger partial charge on any atom is 0.229 e. The summed E-state index contributed by atoms with van der Waals surface area (Å²) in [5.41, 5.74) is 0.888. The number of carbonyl (C=O) groups excluding carboxylic acids is 2. The van der Waals surface area contributed by atoms with Gasteiger partial charge in [0.15, 0.2) is 0 Å². The minimum Gasteiger partial charge on any atom is -0.340 e. The highest BCUT2D eigenvalue weighted by Crippen LogP contribution is 2.19. The van der Waals surface area contributed by atoms with Crippen LogP contribution in [0.4, 0.5) is 5.82 Å². The molecule has 3 heterocycles. The van der Waals surface area contributed by atoms with E-state index >= 15 is 0 Å². The smallest absolute Gasteiger partial charge is 0.229 e. The van der Waals surface area contributed by atoms with Crippen LogP contribution in [0.2, 0.25) is 0 Å². The maximum atomic E-state index is 12.5. The van der Waals surface area contributed by atoms with Gasteiger partial charge in [0.05, 0.1) is 5.92 Å². The third-order valence-corrected chi connectivity index (χ3v) is 5.13. The number of hydrogen-bond acceptors (Lipinski definition) is 5. The van der Waals surface area contributed by atoms with E-state index in [9.17, 15) is 9.59 Å². The Labute approximate surface area is 179 Å². The van der Waals surface area contributed by atoms with Crippen LogP contribution in [-0.4, -0.2) is 72.4 Å². The normalized spacial score (nSPS) is 19.9. The minimum atomic E-state index is -0.0413. The van der Waals surface area contributed by atoms with Gasteiger partial charge in [-0.2, -0.15) is 0 Å². The molecule has 2 saturated heterocycles. The van der Waals surface area contributed by atoms with E-state index in [4.69, 9.17) is 0 Å². The van der Waals surface area contributed by atoms with E-state index in [1.54, 1.807) is 0 Å². The van der Waals surface area contributed by atoms with Crippen molar-refractivity contribution in [1.29, 1.82) is 0 Å². The first-order chi connectivity index (χ1) is 12.6. The van der Waals surface area contributed by atoms with Gasteiger partial charge in [-0.3, -0.25) is 9.59 Å². The average molecular weight is 432 g/mol. The van der Waals surface area contributed by atoms with Crippen molar-refractivity contribution < 1.29 is 9.59 Å². The average Bonchev–Trinajstić information content (AvgIpc) is 2.67. The van der Waals surface area contributed by atoms with E-state index in [0.717, 1.165) is 57.8 Å². The van der Waals surface area contributed by atoms with Gasteiger partial charge in [0.25, 0.3) is 0 Å². The number of carbonyl (C=O) groups is 2. The van der Waals surface area contributed by atoms with E-state index in [2.05, 4.69) is 20.5 Å². The van der Waals surface area contributed by atoms with Gasteiger partial charge in [-0.25, -0.2) is 4.98 Å². The Kier molecular flexibility index (Phi) is 10.7. The summed E-state index contributed by atoms with van der Waals surface area (Å²) in [6.45, 7) is 7.67. The summed E-state index contributed by atoms with van der Waals surface area (Å²) in [5.74, 6) is 0.824. The Bertz CT molecular complexity index is 641. The van der Waals surface area contributed by atoms with Crippen LogP contribution in [0.15, 0.2) is 18.2 Å². The number of halogens is 2. The number of piperazine rings is 1. The second-order valence-electron chi connectivity index (χ2n) is 7.17. The Morgan fingerprint density at radius 3 is 2.68 bits per heavy atom. The lowest BCUT2D eigenvalue weighted by Gasteiger charge is -2.33. The van der Waals surface area contributed by atoms with Crippen LogP contribution < -0.4 is 10.6 Å². The molecule has 3 rings (SSSR count). The largest absolute Gasteiger partial charge is 0.340 e. The lowest BCUT2D eigenvalue weighted by molar-refractivity contribution is -0.132. The molecule has 2 aliphatic rings. The maximum absolute atomic E-state index is 12.5. The minimum absolute atomic E-state index is 0. The summed E-state index contributed by atoms with van der Waals surface area (Å²) in [6.07, 6.45) is 2.41. The Hall–Kier alpha value is -1.41. The molecule has 2 N–H and O–H groups in total. The zero-order valence-electron chi connectivity index (χ0n) is 16.4. The topological polar surface area (TPSA) is 77.6 Å². The third kappa shape index (κ3) is 7.20. The number of aryl methyl sites for hydroxylation is 1. The first-order valence-electron chi connectivity index (χ1n) is 9.57. The molecule has 1 aromatic rings. The Morgan fingerprint density at radius 2 is 1.96 bits per heavy atom. The molecular weight excluding hydrogens is 401 g/mol. The molecule has 158 valence electrons. The third-order valence-electron chi connectivity index (χ3n) is 5.13. The van der Waals surface area contributed by atoms with Gasteiger partial charge >= 0.3 is 0 Å². The fraction of sp³-hybridized carbons (Fsp3) is 0.632. The predicted octanol–water partition coefficient (Wildman–Crippen LogP) is 1.71. The van der Waals surface area contributed by atoms with Crippen molar-refractivity contribution in [2.24, 2.45) is 5.92 Å². The first-order valence-corrected chi connectivity index (χ1v) is 9.57. The van der Waals surface area contributed by atoms with Gasteiger partial charge in [0.2, 0.25) is 11.8 Å². The number of anilines is 1. The van der Waals surface area contributed by atoms with Gasteiger partial charge in [0, 0.05) is 51.4 Å². The SMILES string of the molecule is Cc1cccc(NC(=O)C2CCCN(CCC(=O)N3CCNCC3)C2)n1.Cl.Cl. The van der Waals surface area contributed by atoms with Crippen LogP contribution in [0, 0.1) is 12.8 Å². The van der Waals surface area contributed by atoms with E-state index in [-0.39, 0.29) is 42.5 Å². The van der Waals surface area contributed by atoms with Crippen LogP contribution in [-0.2, 0) is 9.59 Å². The number of nitrogens with one attached hydrogen (secondary N) is 2. The number of amides is 2. The summed E-state index contributed by atoms with van der Waals surface area (Å²) < 4.78 is 0. The van der Waals surface area contributed by atoms with E-state index in [1.165, 1.54) is 0 Å². The van der Waals surface area contributed by atoms with Crippen LogP contribution in [0.3, 0.4) is 0 Å². The van der Waals surface area contributed by atoms with Gasteiger partial charge in [-0.15, -0.1) is 24.8 Å². The number of pyridine rings is 1. The van der Waals surface area contributed by atoms with Crippen molar-refractivity contribution in [3.8, 4) is 0 Å². The molecule has 7 nitrogen and oxygen atoms in total. The summed E-state index contributed by atoms with van der Waals surface area (Å²) in [6, 6.07) is 5.62. The molecule has 1 unspecified atom stereocenters. The van der Waals surface area contributed by atoms with Gasteiger partial charge < -0.3 is 20.4 Å². The molecule has 28 heavy (non-hydrogen) atoms. The monoisotopic (exact) mass is 431 g/mol. The van der Waals surface area contributed by atoms with Crippen LogP contribution in [0.5, 0.6) is 0 Å². The summed E-state index contributed by atoms with van der Waals surface area (Å²) in [5, 5.41) is 6.19. The molecule has 0 aliphatic carbocycles. The number of nitrogens with zero attached hydrogens (tertiary/aromatic N) is 3. The summed E-state index contributed by atoms with van der Waals surface area (Å²) >= 11 is 0. The fourth-order valence-electron chi connectivity index (χ4n) is 3.64. The van der Waals surface area contributed by atoms with Crippen molar-refractivity contribution in [2.75, 3.05) is 51.1 Å². The lowest BCUT2D eigenvalue weighted by Crippen LogP contribution is -2.47. The van der Waals surface area contributed by atoms with E-state index in [0.29, 0.717) is 18.8 Å². The molecule has 0 bridgehead atoms. The van der Waals surface area contributed by atoms with Crippen molar-refractivity contribution in [3.05, 3.63) is 23.9 Å². The lowest BCUT2D eigenvalue weighted by atomic mass is 9.97. The van der Waals surface area contributed by atoms with Crippen molar-refractivity contribution in [2.45, 2.75) is 26.2 Å². The van der Waals surface area contributed by atoms with E-state index in [1.807, 2.05) is 30.0 Å². The highest BCUT2D eigenvalue weighted by Gasteiger charge is 2.27. The number of hydrogen-bond donors (Lipinski definition) is 2. The van der Waals surface area contributed by atoms with E-state index < -0.39 is 0 Å². The zero-order valence-corrected chi connectivity index (χ0v) is 18.0. The standard InChI is InChI=1S/C19H29N5O2.2ClH/c1-15-4-2-6-17(21-15)22-19(26)16-5-3-10-23(14-16)11-7-18(25)24-12-8-20-9-13-24;;/h2,4,6,16,20H,3,5,7-14H2,1H3,(H,21,22,26);2*1H. The molecule has 0 saturated carbocycles. The van der Waals surface area contributed by atoms with Crippen LogP contribution in [0.1, 0.15) is 25.0 Å². The zero-order chi connectivity index (χ0) is 18.4. The highest BCUT2D eigenvalue weighted by atomic mass is 35.5. The quantitative estimate of drug-likeness (QED) is 0.741. The second-order valence-corrected chi connectivity index (χ2v) is 7.17. The van der Waals surface area contributed by atoms with Crippen molar-refractivity contribution in [3.63, 3.8) is 0 Å². The number of likely N-dealkylation sites (tertiary alicyclic amines) is 1. The number of rotatable bonds is 5. The molecule has 0 radical (unpaired) electrons. The van der Waals surface area contributed by atoms with Crippen LogP contribution >= 0.6 is 24.8 Å². The Balaban J connectivity index is 0.00000196. The molecular formula is C19H31Cl2N5O2. The van der Waals surface area contributed by atoms with Crippen molar-refractivity contribution in [1.82, 2.24) is 20.1 Å². The molecule has 9 heteroatoms. The van der Waals surface area contributed by atoms with Crippen LogP contribution in [0.25, 0.3) is 0 Å². The molecule has 1 aromatic heterocycles. The number of aromatic nitrogens is 1. The number of piperidine rings is 1. The molecule has 2 amide bonds. The molecule has 2 fully saturated rings.